The number of hydrogen-bond acceptors (Lipinski definition) is 4. The summed E-state index contributed by atoms with van der Waals surface area (Å²) >= 11 is 0. The average molecular weight is 227 g/mol. The Bertz CT molecular complexity index is 289. The predicted octanol–water partition coefficient (Wildman–Crippen LogP) is 0.390. The van der Waals surface area contributed by atoms with Crippen molar-refractivity contribution in [3.05, 3.63) is 18.0 Å². The summed E-state index contributed by atoms with van der Waals surface area (Å²) in [6.45, 7) is 4.39. The molecule has 5 heteroatoms. The maximum atomic E-state index is 8.75. The Morgan fingerprint density at radius 1 is 1.62 bits per heavy atom. The highest BCUT2D eigenvalue weighted by Gasteiger charge is 2.02. The molecule has 0 fully saturated rings. The molecule has 0 radical (unpaired) electrons. The van der Waals surface area contributed by atoms with E-state index in [9.17, 15) is 0 Å². The van der Waals surface area contributed by atoms with Gasteiger partial charge in [0.25, 0.3) is 0 Å². The molecule has 0 bridgehead atoms. The lowest BCUT2D eigenvalue weighted by Gasteiger charge is -2.11. The Morgan fingerprint density at radius 3 is 3.12 bits per heavy atom. The third-order valence-electron chi connectivity index (χ3n) is 2.43. The van der Waals surface area contributed by atoms with Crippen molar-refractivity contribution in [2.24, 2.45) is 0 Å². The molecule has 0 saturated heterocycles. The summed E-state index contributed by atoms with van der Waals surface area (Å²) in [5.41, 5.74) is 1.14. The fourth-order valence-electron chi connectivity index (χ4n) is 1.41. The van der Waals surface area contributed by atoms with Crippen molar-refractivity contribution < 1.29 is 9.84 Å². The third kappa shape index (κ3) is 4.74. The molecule has 92 valence electrons. The Kier molecular flexibility index (Phi) is 6.07. The van der Waals surface area contributed by atoms with Crippen LogP contribution in [0.3, 0.4) is 0 Å². The number of rotatable bonds is 8. The number of hydrogen-bond donors (Lipinski definition) is 2. The maximum Gasteiger partial charge on any atom is 0.0640 e. The summed E-state index contributed by atoms with van der Waals surface area (Å²) in [6, 6.07) is 0.432. The van der Waals surface area contributed by atoms with Gasteiger partial charge >= 0.3 is 0 Å². The van der Waals surface area contributed by atoms with Crippen LogP contribution in [0.4, 0.5) is 0 Å². The molecular formula is C11H21N3O2. The van der Waals surface area contributed by atoms with Crippen LogP contribution in [0.1, 0.15) is 18.9 Å². The summed E-state index contributed by atoms with van der Waals surface area (Å²) in [4.78, 5) is 0. The first-order valence-corrected chi connectivity index (χ1v) is 5.60. The van der Waals surface area contributed by atoms with Crippen LogP contribution < -0.4 is 5.32 Å². The van der Waals surface area contributed by atoms with E-state index in [-0.39, 0.29) is 6.61 Å². The minimum atomic E-state index is 0.124. The smallest absolute Gasteiger partial charge is 0.0640 e. The monoisotopic (exact) mass is 227 g/mol. The molecule has 0 aromatic carbocycles. The minimum absolute atomic E-state index is 0.124. The van der Waals surface area contributed by atoms with Gasteiger partial charge in [-0.15, -0.1) is 0 Å². The SMILES string of the molecule is COCCC(C)NCc1cnn(CCO)c1. The third-order valence-corrected chi connectivity index (χ3v) is 2.43. The minimum Gasteiger partial charge on any atom is -0.394 e. The fourth-order valence-corrected chi connectivity index (χ4v) is 1.41. The summed E-state index contributed by atoms with van der Waals surface area (Å²) < 4.78 is 6.76. The zero-order valence-corrected chi connectivity index (χ0v) is 10.0. The lowest BCUT2D eigenvalue weighted by atomic mass is 10.2. The van der Waals surface area contributed by atoms with E-state index < -0.39 is 0 Å². The second kappa shape index (κ2) is 7.38. The van der Waals surface area contributed by atoms with E-state index in [1.54, 1.807) is 11.8 Å². The second-order valence-corrected chi connectivity index (χ2v) is 3.90. The quantitative estimate of drug-likeness (QED) is 0.674. The van der Waals surface area contributed by atoms with E-state index in [1.165, 1.54) is 0 Å². The summed E-state index contributed by atoms with van der Waals surface area (Å²) in [6.07, 6.45) is 4.78. The first-order chi connectivity index (χ1) is 7.76. The second-order valence-electron chi connectivity index (χ2n) is 3.90. The van der Waals surface area contributed by atoms with Crippen LogP contribution in [0, 0.1) is 0 Å². The molecule has 2 N–H and O–H groups in total. The Balaban J connectivity index is 2.25. The topological polar surface area (TPSA) is 59.3 Å². The number of aromatic nitrogens is 2. The van der Waals surface area contributed by atoms with Gasteiger partial charge < -0.3 is 15.2 Å². The van der Waals surface area contributed by atoms with E-state index >= 15 is 0 Å². The number of aliphatic hydroxyl groups excluding tert-OH is 1. The van der Waals surface area contributed by atoms with Crippen LogP contribution in [0.5, 0.6) is 0 Å². The van der Waals surface area contributed by atoms with Crippen molar-refractivity contribution >= 4 is 0 Å². The van der Waals surface area contributed by atoms with Gasteiger partial charge in [0.1, 0.15) is 0 Å². The van der Waals surface area contributed by atoms with Crippen LogP contribution in [-0.2, 0) is 17.8 Å². The lowest BCUT2D eigenvalue weighted by molar-refractivity contribution is 0.184. The highest BCUT2D eigenvalue weighted by molar-refractivity contribution is 5.03. The fraction of sp³-hybridized carbons (Fsp3) is 0.727. The van der Waals surface area contributed by atoms with Crippen LogP contribution >= 0.6 is 0 Å². The molecule has 0 saturated carbocycles. The highest BCUT2D eigenvalue weighted by atomic mass is 16.5. The molecular weight excluding hydrogens is 206 g/mol. The van der Waals surface area contributed by atoms with E-state index in [1.807, 2.05) is 12.4 Å². The number of ether oxygens (including phenoxy) is 1. The van der Waals surface area contributed by atoms with Gasteiger partial charge in [0.2, 0.25) is 0 Å². The standard InChI is InChI=1S/C11H21N3O2/c1-10(3-6-16-2)12-7-11-8-13-14(9-11)4-5-15/h8-10,12,15H,3-7H2,1-2H3. The van der Waals surface area contributed by atoms with Crippen molar-refractivity contribution in [1.29, 1.82) is 0 Å². The summed E-state index contributed by atoms with van der Waals surface area (Å²) in [5.74, 6) is 0. The molecule has 1 rings (SSSR count). The van der Waals surface area contributed by atoms with Crippen molar-refractivity contribution in [3.8, 4) is 0 Å². The molecule has 1 heterocycles. The molecule has 1 unspecified atom stereocenters. The van der Waals surface area contributed by atoms with E-state index in [0.29, 0.717) is 12.6 Å². The van der Waals surface area contributed by atoms with Gasteiger partial charge in [-0.25, -0.2) is 0 Å². The highest BCUT2D eigenvalue weighted by Crippen LogP contribution is 1.99. The molecule has 1 atom stereocenters. The van der Waals surface area contributed by atoms with Gasteiger partial charge in [-0.2, -0.15) is 5.10 Å². The first-order valence-electron chi connectivity index (χ1n) is 5.60. The number of methoxy groups -OCH3 is 1. The van der Waals surface area contributed by atoms with E-state index in [4.69, 9.17) is 9.84 Å². The Labute approximate surface area is 96.4 Å². The maximum absolute atomic E-state index is 8.75. The average Bonchev–Trinajstić information content (AvgIpc) is 2.72. The Morgan fingerprint density at radius 2 is 2.44 bits per heavy atom. The largest absolute Gasteiger partial charge is 0.394 e. The van der Waals surface area contributed by atoms with E-state index in [0.717, 1.165) is 25.1 Å². The molecule has 1 aromatic rings. The molecule has 5 nitrogen and oxygen atoms in total. The Hall–Kier alpha value is -0.910. The normalized spacial score (nSPS) is 12.9. The van der Waals surface area contributed by atoms with Gasteiger partial charge in [0.05, 0.1) is 19.3 Å². The molecule has 0 aliphatic heterocycles. The summed E-state index contributed by atoms with van der Waals surface area (Å²) in [7, 11) is 1.71. The molecule has 16 heavy (non-hydrogen) atoms. The molecule has 1 aromatic heterocycles. The predicted molar refractivity (Wildman–Crippen MR) is 62.1 cm³/mol. The van der Waals surface area contributed by atoms with Crippen molar-refractivity contribution in [2.75, 3.05) is 20.3 Å². The number of nitrogens with zero attached hydrogens (tertiary/aromatic N) is 2. The van der Waals surface area contributed by atoms with Crippen LogP contribution in [0.25, 0.3) is 0 Å². The van der Waals surface area contributed by atoms with Crippen molar-refractivity contribution in [2.45, 2.75) is 32.5 Å². The van der Waals surface area contributed by atoms with Crippen LogP contribution in [0.15, 0.2) is 12.4 Å². The van der Waals surface area contributed by atoms with Crippen molar-refractivity contribution in [3.63, 3.8) is 0 Å². The molecule has 0 spiro atoms. The zero-order valence-electron chi connectivity index (χ0n) is 10.0. The molecule has 0 aliphatic rings. The van der Waals surface area contributed by atoms with E-state index in [2.05, 4.69) is 17.3 Å². The van der Waals surface area contributed by atoms with Crippen molar-refractivity contribution in [1.82, 2.24) is 15.1 Å². The first kappa shape index (κ1) is 13.2. The van der Waals surface area contributed by atoms with Gasteiger partial charge in [-0.3, -0.25) is 4.68 Å². The van der Waals surface area contributed by atoms with Crippen LogP contribution in [-0.4, -0.2) is 41.3 Å². The van der Waals surface area contributed by atoms with Gasteiger partial charge in [0, 0.05) is 38.1 Å². The van der Waals surface area contributed by atoms with Gasteiger partial charge in [-0.1, -0.05) is 0 Å². The number of aliphatic hydroxyl groups is 1. The van der Waals surface area contributed by atoms with Gasteiger partial charge in [0.15, 0.2) is 0 Å². The van der Waals surface area contributed by atoms with Crippen LogP contribution in [0.2, 0.25) is 0 Å². The number of nitrogens with one attached hydrogen (secondary N) is 1. The summed E-state index contributed by atoms with van der Waals surface area (Å²) in [5, 5.41) is 16.3. The molecule has 0 amide bonds. The lowest BCUT2D eigenvalue weighted by Crippen LogP contribution is -2.26. The van der Waals surface area contributed by atoms with Gasteiger partial charge in [-0.05, 0) is 13.3 Å². The molecule has 0 aliphatic carbocycles. The zero-order chi connectivity index (χ0) is 11.8.